The van der Waals surface area contributed by atoms with Crippen LogP contribution in [0.3, 0.4) is 0 Å². The van der Waals surface area contributed by atoms with Gasteiger partial charge >= 0.3 is 0 Å². The zero-order chi connectivity index (χ0) is 13.8. The van der Waals surface area contributed by atoms with Crippen molar-refractivity contribution in [3.05, 3.63) is 0 Å². The van der Waals surface area contributed by atoms with Gasteiger partial charge in [-0.05, 0) is 18.3 Å². The average Bonchev–Trinajstić information content (AvgIpc) is 2.26. The van der Waals surface area contributed by atoms with E-state index in [1.165, 1.54) is 6.42 Å². The molecule has 0 spiro atoms. The molecular weight excluding hydrogens is 228 g/mol. The summed E-state index contributed by atoms with van der Waals surface area (Å²) < 4.78 is 0. The second kappa shape index (κ2) is 6.02. The minimum absolute atomic E-state index is 0.0589. The lowest BCUT2D eigenvalue weighted by Crippen LogP contribution is -2.46. The molecule has 1 amide bonds. The molecule has 1 saturated carbocycles. The molecule has 0 bridgehead atoms. The second-order valence-corrected chi connectivity index (χ2v) is 6.74. The molecule has 0 aliphatic heterocycles. The highest BCUT2D eigenvalue weighted by atomic mass is 16.3. The van der Waals surface area contributed by atoms with Crippen LogP contribution < -0.4 is 11.1 Å². The molecule has 4 nitrogen and oxygen atoms in total. The van der Waals surface area contributed by atoms with Gasteiger partial charge in [0, 0.05) is 19.0 Å². The van der Waals surface area contributed by atoms with Gasteiger partial charge in [-0.1, -0.05) is 40.0 Å². The zero-order valence-corrected chi connectivity index (χ0v) is 12.0. The van der Waals surface area contributed by atoms with Gasteiger partial charge in [-0.2, -0.15) is 0 Å². The van der Waals surface area contributed by atoms with Gasteiger partial charge < -0.3 is 16.2 Å². The predicted octanol–water partition coefficient (Wildman–Crippen LogP) is 1.56. The molecule has 0 heterocycles. The van der Waals surface area contributed by atoms with Crippen molar-refractivity contribution in [2.75, 3.05) is 6.54 Å². The number of carbonyl (C=O) groups is 1. The molecule has 1 aliphatic carbocycles. The monoisotopic (exact) mass is 256 g/mol. The van der Waals surface area contributed by atoms with Crippen LogP contribution in [-0.4, -0.2) is 29.2 Å². The first kappa shape index (κ1) is 15.4. The molecule has 106 valence electrons. The van der Waals surface area contributed by atoms with E-state index < -0.39 is 5.60 Å². The molecular formula is C14H28N2O2. The number of carbonyl (C=O) groups excluding carboxylic acids is 1. The third-order valence-electron chi connectivity index (χ3n) is 3.92. The fraction of sp³-hybridized carbons (Fsp3) is 0.929. The largest absolute Gasteiger partial charge is 0.388 e. The summed E-state index contributed by atoms with van der Waals surface area (Å²) in [6.45, 7) is 6.45. The van der Waals surface area contributed by atoms with Crippen LogP contribution in [0.25, 0.3) is 0 Å². The Labute approximate surface area is 110 Å². The van der Waals surface area contributed by atoms with Crippen molar-refractivity contribution in [3.8, 4) is 0 Å². The molecule has 1 aliphatic rings. The maximum Gasteiger partial charge on any atom is 0.221 e. The van der Waals surface area contributed by atoms with Gasteiger partial charge in [0.05, 0.1) is 5.60 Å². The van der Waals surface area contributed by atoms with E-state index in [1.54, 1.807) is 0 Å². The number of rotatable bonds is 4. The number of aliphatic hydroxyl groups is 1. The Kier molecular flexibility index (Phi) is 5.17. The normalized spacial score (nSPS) is 21.4. The van der Waals surface area contributed by atoms with E-state index in [0.29, 0.717) is 13.0 Å². The van der Waals surface area contributed by atoms with Gasteiger partial charge in [0.2, 0.25) is 5.91 Å². The van der Waals surface area contributed by atoms with Crippen molar-refractivity contribution in [1.82, 2.24) is 5.32 Å². The first-order chi connectivity index (χ1) is 8.23. The fourth-order valence-electron chi connectivity index (χ4n) is 2.23. The standard InChI is InChI=1S/C14H28N2O2/c1-13(2,3)11(15)9-12(17)16-10-14(18)7-5-4-6-8-14/h11,18H,4-10,15H2,1-3H3,(H,16,17). The van der Waals surface area contributed by atoms with E-state index in [-0.39, 0.29) is 17.4 Å². The summed E-state index contributed by atoms with van der Waals surface area (Å²) >= 11 is 0. The van der Waals surface area contributed by atoms with Gasteiger partial charge in [0.1, 0.15) is 0 Å². The van der Waals surface area contributed by atoms with Crippen LogP contribution in [0.4, 0.5) is 0 Å². The summed E-state index contributed by atoms with van der Waals surface area (Å²) in [7, 11) is 0. The van der Waals surface area contributed by atoms with Crippen LogP contribution in [0.1, 0.15) is 59.3 Å². The molecule has 0 saturated heterocycles. The van der Waals surface area contributed by atoms with Crippen LogP contribution in [0.15, 0.2) is 0 Å². The van der Waals surface area contributed by atoms with Crippen LogP contribution >= 0.6 is 0 Å². The summed E-state index contributed by atoms with van der Waals surface area (Å²) in [5.74, 6) is -0.0589. The molecule has 1 atom stereocenters. The van der Waals surface area contributed by atoms with Crippen molar-refractivity contribution in [3.63, 3.8) is 0 Å². The highest BCUT2D eigenvalue weighted by Crippen LogP contribution is 2.27. The van der Waals surface area contributed by atoms with Crippen molar-refractivity contribution >= 4 is 5.91 Å². The Morgan fingerprint density at radius 3 is 2.39 bits per heavy atom. The Hall–Kier alpha value is -0.610. The van der Waals surface area contributed by atoms with Crippen LogP contribution in [0.2, 0.25) is 0 Å². The molecule has 0 aromatic carbocycles. The predicted molar refractivity (Wildman–Crippen MR) is 73.1 cm³/mol. The number of amides is 1. The van der Waals surface area contributed by atoms with E-state index >= 15 is 0 Å². The first-order valence-electron chi connectivity index (χ1n) is 6.98. The van der Waals surface area contributed by atoms with E-state index in [0.717, 1.165) is 25.7 Å². The van der Waals surface area contributed by atoms with Crippen molar-refractivity contribution in [1.29, 1.82) is 0 Å². The van der Waals surface area contributed by atoms with Crippen molar-refractivity contribution in [2.45, 2.75) is 70.9 Å². The number of nitrogens with one attached hydrogen (secondary N) is 1. The molecule has 4 N–H and O–H groups in total. The average molecular weight is 256 g/mol. The maximum absolute atomic E-state index is 11.8. The summed E-state index contributed by atoms with van der Waals surface area (Å²) in [5, 5.41) is 13.1. The topological polar surface area (TPSA) is 75.4 Å². The maximum atomic E-state index is 11.8. The number of nitrogens with two attached hydrogens (primary N) is 1. The Morgan fingerprint density at radius 1 is 1.33 bits per heavy atom. The molecule has 4 heteroatoms. The molecule has 0 radical (unpaired) electrons. The van der Waals surface area contributed by atoms with Gasteiger partial charge in [0.15, 0.2) is 0 Å². The lowest BCUT2D eigenvalue weighted by atomic mass is 9.84. The van der Waals surface area contributed by atoms with Crippen LogP contribution in [0.5, 0.6) is 0 Å². The lowest BCUT2D eigenvalue weighted by Gasteiger charge is -2.32. The van der Waals surface area contributed by atoms with E-state index in [9.17, 15) is 9.90 Å². The van der Waals surface area contributed by atoms with Gasteiger partial charge in [-0.15, -0.1) is 0 Å². The molecule has 1 fully saturated rings. The van der Waals surface area contributed by atoms with E-state index in [1.807, 2.05) is 20.8 Å². The van der Waals surface area contributed by atoms with E-state index in [4.69, 9.17) is 5.73 Å². The smallest absolute Gasteiger partial charge is 0.221 e. The van der Waals surface area contributed by atoms with E-state index in [2.05, 4.69) is 5.32 Å². The minimum atomic E-state index is -0.695. The lowest BCUT2D eigenvalue weighted by molar-refractivity contribution is -0.123. The third kappa shape index (κ3) is 4.94. The van der Waals surface area contributed by atoms with Crippen molar-refractivity contribution in [2.24, 2.45) is 11.1 Å². The summed E-state index contributed by atoms with van der Waals surface area (Å²) in [5.41, 5.74) is 5.20. The summed E-state index contributed by atoms with van der Waals surface area (Å²) in [6.07, 6.45) is 5.18. The third-order valence-corrected chi connectivity index (χ3v) is 3.92. The molecule has 1 unspecified atom stereocenters. The van der Waals surface area contributed by atoms with Gasteiger partial charge in [-0.25, -0.2) is 0 Å². The van der Waals surface area contributed by atoms with Gasteiger partial charge in [-0.3, -0.25) is 4.79 Å². The van der Waals surface area contributed by atoms with Crippen molar-refractivity contribution < 1.29 is 9.90 Å². The summed E-state index contributed by atoms with van der Waals surface area (Å²) in [4.78, 5) is 11.8. The molecule has 0 aromatic rings. The second-order valence-electron chi connectivity index (χ2n) is 6.74. The minimum Gasteiger partial charge on any atom is -0.388 e. The first-order valence-corrected chi connectivity index (χ1v) is 6.98. The Balaban J connectivity index is 2.32. The Bertz CT molecular complexity index is 278. The number of hydrogen-bond donors (Lipinski definition) is 3. The molecule has 0 aromatic heterocycles. The highest BCUT2D eigenvalue weighted by Gasteiger charge is 2.30. The SMILES string of the molecule is CC(C)(C)C(N)CC(=O)NCC1(O)CCCCC1. The molecule has 18 heavy (non-hydrogen) atoms. The zero-order valence-electron chi connectivity index (χ0n) is 12.0. The van der Waals surface area contributed by atoms with Crippen LogP contribution in [-0.2, 0) is 4.79 Å². The summed E-state index contributed by atoms with van der Waals surface area (Å²) in [6, 6.07) is -0.154. The van der Waals surface area contributed by atoms with Crippen LogP contribution in [0, 0.1) is 5.41 Å². The number of hydrogen-bond acceptors (Lipinski definition) is 3. The van der Waals surface area contributed by atoms with Gasteiger partial charge in [0.25, 0.3) is 0 Å². The Morgan fingerprint density at radius 2 is 1.89 bits per heavy atom. The quantitative estimate of drug-likeness (QED) is 0.714. The highest BCUT2D eigenvalue weighted by molar-refractivity contribution is 5.76. The fourth-order valence-corrected chi connectivity index (χ4v) is 2.23. The molecule has 1 rings (SSSR count).